The van der Waals surface area contributed by atoms with Crippen LogP contribution >= 0.6 is 0 Å². The van der Waals surface area contributed by atoms with Gasteiger partial charge in [-0.3, -0.25) is 14.3 Å². The summed E-state index contributed by atoms with van der Waals surface area (Å²) in [5.41, 5.74) is -1.07. The van der Waals surface area contributed by atoms with Crippen LogP contribution in [0.4, 0.5) is 0 Å². The first-order chi connectivity index (χ1) is 6.68. The molecule has 0 saturated heterocycles. The lowest BCUT2D eigenvalue weighted by atomic mass is 10.2. The average Bonchev–Trinajstić information content (AvgIpc) is 2.54. The molecule has 0 spiro atoms. The predicted octanol–water partition coefficient (Wildman–Crippen LogP) is 0.357. The summed E-state index contributed by atoms with van der Waals surface area (Å²) in [6, 6.07) is 1.08. The molecule has 1 fully saturated rings. The Bertz CT molecular complexity index is 440. The van der Waals surface area contributed by atoms with Crippen molar-refractivity contribution in [2.45, 2.75) is 31.7 Å². The summed E-state index contributed by atoms with van der Waals surface area (Å²) >= 11 is 0. The number of rotatable bonds is 1. The third kappa shape index (κ3) is 1.45. The first-order valence-electron chi connectivity index (χ1n) is 4.73. The molecule has 0 amide bonds. The van der Waals surface area contributed by atoms with E-state index in [9.17, 15) is 14.7 Å². The number of H-pyrrole nitrogens is 1. The van der Waals surface area contributed by atoms with Gasteiger partial charge in [0.25, 0.3) is 5.56 Å². The van der Waals surface area contributed by atoms with Crippen LogP contribution in [0.3, 0.4) is 0 Å². The quantitative estimate of drug-likeness (QED) is 0.680. The molecule has 0 radical (unpaired) electrons. The van der Waals surface area contributed by atoms with E-state index >= 15 is 0 Å². The molecule has 2 rings (SSSR count). The summed E-state index contributed by atoms with van der Waals surface area (Å²) in [5.74, 6) is -0.231. The number of aromatic nitrogens is 2. The summed E-state index contributed by atoms with van der Waals surface area (Å²) in [7, 11) is 0. The summed E-state index contributed by atoms with van der Waals surface area (Å²) < 4.78 is 1.27. The predicted molar refractivity (Wildman–Crippen MR) is 50.5 cm³/mol. The highest BCUT2D eigenvalue weighted by atomic mass is 16.3. The van der Waals surface area contributed by atoms with Crippen molar-refractivity contribution in [1.82, 2.24) is 9.55 Å². The largest absolute Gasteiger partial charge is 0.494 e. The fraction of sp³-hybridized carbons (Fsp3) is 0.556. The number of hydrogen-bond acceptors (Lipinski definition) is 3. The highest BCUT2D eigenvalue weighted by molar-refractivity contribution is 5.07. The van der Waals surface area contributed by atoms with E-state index in [2.05, 4.69) is 4.98 Å². The second-order valence-electron chi connectivity index (χ2n) is 3.61. The van der Waals surface area contributed by atoms with Crippen LogP contribution in [0.25, 0.3) is 0 Å². The maximum Gasteiger partial charge on any atom is 0.331 e. The van der Waals surface area contributed by atoms with Gasteiger partial charge in [-0.05, 0) is 12.8 Å². The number of nitrogens with zero attached hydrogens (tertiary/aromatic N) is 1. The fourth-order valence-corrected chi connectivity index (χ4v) is 2.01. The molecule has 5 nitrogen and oxygen atoms in total. The van der Waals surface area contributed by atoms with Crippen LogP contribution in [-0.2, 0) is 0 Å². The topological polar surface area (TPSA) is 75.1 Å². The summed E-state index contributed by atoms with van der Waals surface area (Å²) in [5, 5.41) is 9.48. The molecule has 1 saturated carbocycles. The zero-order valence-electron chi connectivity index (χ0n) is 7.69. The Balaban J connectivity index is 2.51. The Morgan fingerprint density at radius 3 is 2.57 bits per heavy atom. The first kappa shape index (κ1) is 9.05. The van der Waals surface area contributed by atoms with Crippen LogP contribution in [0.1, 0.15) is 31.7 Å². The van der Waals surface area contributed by atoms with Gasteiger partial charge in [0.05, 0.1) is 6.07 Å². The van der Waals surface area contributed by atoms with Gasteiger partial charge in [0.1, 0.15) is 0 Å². The molecule has 0 atom stereocenters. The van der Waals surface area contributed by atoms with Crippen molar-refractivity contribution in [3.05, 3.63) is 26.9 Å². The van der Waals surface area contributed by atoms with Crippen molar-refractivity contribution >= 4 is 0 Å². The van der Waals surface area contributed by atoms with E-state index < -0.39 is 11.2 Å². The molecule has 1 heterocycles. The first-order valence-corrected chi connectivity index (χ1v) is 4.73. The minimum absolute atomic E-state index is 0.0411. The number of aromatic amines is 1. The van der Waals surface area contributed by atoms with E-state index in [1.807, 2.05) is 0 Å². The van der Waals surface area contributed by atoms with E-state index in [0.717, 1.165) is 31.7 Å². The Morgan fingerprint density at radius 2 is 2.00 bits per heavy atom. The summed E-state index contributed by atoms with van der Waals surface area (Å²) in [4.78, 5) is 24.4. The van der Waals surface area contributed by atoms with Crippen LogP contribution in [0.5, 0.6) is 5.88 Å². The Morgan fingerprint density at radius 1 is 1.36 bits per heavy atom. The molecule has 1 aliphatic carbocycles. The molecule has 0 bridgehead atoms. The third-order valence-electron chi connectivity index (χ3n) is 2.65. The van der Waals surface area contributed by atoms with Crippen molar-refractivity contribution < 1.29 is 5.11 Å². The van der Waals surface area contributed by atoms with Crippen molar-refractivity contribution in [3.63, 3.8) is 0 Å². The van der Waals surface area contributed by atoms with Crippen LogP contribution in [-0.4, -0.2) is 14.7 Å². The molecular weight excluding hydrogens is 184 g/mol. The summed E-state index contributed by atoms with van der Waals surface area (Å²) in [6.45, 7) is 0. The summed E-state index contributed by atoms with van der Waals surface area (Å²) in [6.07, 6.45) is 3.91. The SMILES string of the molecule is O=c1cc(O)n(C2CCCC2)c(=O)[nH]1. The Hall–Kier alpha value is -1.52. The van der Waals surface area contributed by atoms with Gasteiger partial charge in [-0.1, -0.05) is 12.8 Å². The molecule has 14 heavy (non-hydrogen) atoms. The lowest BCUT2D eigenvalue weighted by molar-refractivity contribution is 0.363. The lowest BCUT2D eigenvalue weighted by Gasteiger charge is -2.13. The van der Waals surface area contributed by atoms with Gasteiger partial charge in [0.2, 0.25) is 5.88 Å². The zero-order chi connectivity index (χ0) is 10.1. The maximum absolute atomic E-state index is 11.4. The highest BCUT2D eigenvalue weighted by Gasteiger charge is 2.20. The van der Waals surface area contributed by atoms with Gasteiger partial charge >= 0.3 is 5.69 Å². The molecular formula is C9H12N2O3. The second-order valence-corrected chi connectivity index (χ2v) is 3.61. The Kier molecular flexibility index (Phi) is 2.15. The smallest absolute Gasteiger partial charge is 0.331 e. The minimum atomic E-state index is -0.554. The molecule has 1 aromatic heterocycles. The van der Waals surface area contributed by atoms with Crippen molar-refractivity contribution in [3.8, 4) is 5.88 Å². The van der Waals surface area contributed by atoms with Crippen molar-refractivity contribution in [2.24, 2.45) is 0 Å². The van der Waals surface area contributed by atoms with Crippen LogP contribution in [0.2, 0.25) is 0 Å². The maximum atomic E-state index is 11.4. The fourth-order valence-electron chi connectivity index (χ4n) is 2.01. The minimum Gasteiger partial charge on any atom is -0.494 e. The van der Waals surface area contributed by atoms with E-state index in [0.29, 0.717) is 0 Å². The van der Waals surface area contributed by atoms with Gasteiger partial charge in [-0.15, -0.1) is 0 Å². The van der Waals surface area contributed by atoms with E-state index in [1.54, 1.807) is 0 Å². The van der Waals surface area contributed by atoms with Crippen LogP contribution < -0.4 is 11.2 Å². The van der Waals surface area contributed by atoms with Gasteiger partial charge in [-0.2, -0.15) is 0 Å². The molecule has 76 valence electrons. The van der Waals surface area contributed by atoms with Crippen molar-refractivity contribution in [1.29, 1.82) is 0 Å². The molecule has 2 N–H and O–H groups in total. The monoisotopic (exact) mass is 196 g/mol. The zero-order valence-corrected chi connectivity index (χ0v) is 7.69. The van der Waals surface area contributed by atoms with E-state index in [4.69, 9.17) is 0 Å². The molecule has 0 aromatic carbocycles. The number of hydrogen-bond donors (Lipinski definition) is 2. The molecule has 1 aliphatic rings. The molecule has 0 unspecified atom stereocenters. The number of aromatic hydroxyl groups is 1. The Labute approximate surface area is 80.0 Å². The molecule has 5 heteroatoms. The van der Waals surface area contributed by atoms with Crippen molar-refractivity contribution in [2.75, 3.05) is 0 Å². The van der Waals surface area contributed by atoms with Gasteiger partial charge in [0.15, 0.2) is 0 Å². The average molecular weight is 196 g/mol. The van der Waals surface area contributed by atoms with Gasteiger partial charge < -0.3 is 5.11 Å². The third-order valence-corrected chi connectivity index (χ3v) is 2.65. The molecule has 1 aromatic rings. The lowest BCUT2D eigenvalue weighted by Crippen LogP contribution is -2.31. The second kappa shape index (κ2) is 3.32. The van der Waals surface area contributed by atoms with Gasteiger partial charge in [0, 0.05) is 6.04 Å². The van der Waals surface area contributed by atoms with Crippen LogP contribution in [0, 0.1) is 0 Å². The van der Waals surface area contributed by atoms with Crippen LogP contribution in [0.15, 0.2) is 15.7 Å². The normalized spacial score (nSPS) is 17.4. The van der Waals surface area contributed by atoms with E-state index in [1.165, 1.54) is 4.57 Å². The standard InChI is InChI=1S/C9H12N2O3/c12-7-5-8(13)11(9(14)10-7)6-3-1-2-4-6/h5-6,13H,1-4H2,(H,10,12,14). The number of nitrogens with one attached hydrogen (secondary N) is 1. The molecule has 0 aliphatic heterocycles. The van der Waals surface area contributed by atoms with Gasteiger partial charge in [-0.25, -0.2) is 4.79 Å². The highest BCUT2D eigenvalue weighted by Crippen LogP contribution is 2.30. The van der Waals surface area contributed by atoms with E-state index in [-0.39, 0.29) is 11.9 Å².